The van der Waals surface area contributed by atoms with Crippen molar-refractivity contribution >= 4 is 40.9 Å². The van der Waals surface area contributed by atoms with Gasteiger partial charge in [-0.3, -0.25) is 14.5 Å². The predicted octanol–water partition coefficient (Wildman–Crippen LogP) is 5.58. The molecule has 0 saturated heterocycles. The molecule has 0 radical (unpaired) electrons. The van der Waals surface area contributed by atoms with Crippen LogP contribution in [0.25, 0.3) is 0 Å². The normalized spacial score (nSPS) is 13.2. The van der Waals surface area contributed by atoms with Crippen molar-refractivity contribution in [2.24, 2.45) is 0 Å². The fourth-order valence-corrected chi connectivity index (χ4v) is 5.05. The van der Waals surface area contributed by atoms with Crippen LogP contribution in [0.5, 0.6) is 0 Å². The van der Waals surface area contributed by atoms with Gasteiger partial charge in [-0.25, -0.2) is 4.79 Å². The van der Waals surface area contributed by atoms with Gasteiger partial charge in [0.15, 0.2) is 0 Å². The molecule has 1 heterocycles. The number of nitrogens with zero attached hydrogens (tertiary/aromatic N) is 2. The van der Waals surface area contributed by atoms with Crippen molar-refractivity contribution in [2.45, 2.75) is 29.7 Å². The summed E-state index contributed by atoms with van der Waals surface area (Å²) in [5, 5.41) is 0. The average Bonchev–Trinajstić information content (AvgIpc) is 3.00. The molecule has 3 aromatic carbocycles. The Hall–Kier alpha value is -3.84. The molecular weight excluding hydrogens is 460 g/mol. The number of para-hydroxylation sites is 1. The van der Waals surface area contributed by atoms with Crippen molar-refractivity contribution in [3.8, 4) is 0 Å². The van der Waals surface area contributed by atoms with Gasteiger partial charge in [0.05, 0.1) is 23.4 Å². The van der Waals surface area contributed by atoms with E-state index in [4.69, 9.17) is 4.74 Å². The van der Waals surface area contributed by atoms with Crippen molar-refractivity contribution in [3.63, 3.8) is 0 Å². The second-order valence-electron chi connectivity index (χ2n) is 7.93. The average molecular weight is 487 g/mol. The van der Waals surface area contributed by atoms with Crippen LogP contribution in [-0.2, 0) is 9.53 Å². The summed E-state index contributed by atoms with van der Waals surface area (Å²) >= 11 is 1.43. The summed E-state index contributed by atoms with van der Waals surface area (Å²) in [5.41, 5.74) is 2.03. The molecule has 0 unspecified atom stereocenters. The van der Waals surface area contributed by atoms with E-state index < -0.39 is 12.0 Å². The lowest BCUT2D eigenvalue weighted by atomic mass is 10.1. The first-order valence-corrected chi connectivity index (χ1v) is 12.2. The van der Waals surface area contributed by atoms with Crippen molar-refractivity contribution in [3.05, 3.63) is 96.6 Å². The molecule has 0 bridgehead atoms. The zero-order valence-electron chi connectivity index (χ0n) is 19.6. The molecule has 178 valence electrons. The Morgan fingerprint density at radius 1 is 1.06 bits per heavy atom. The monoisotopic (exact) mass is 486 g/mol. The Kier molecular flexibility index (Phi) is 7.36. The fraction of sp³-hybridized carbons (Fsp3) is 0.179. The molecule has 1 atom stereocenters. The lowest BCUT2D eigenvalue weighted by Gasteiger charge is -2.33. The molecular formula is C28H26N2O4S. The number of benzene rings is 3. The SMILES string of the molecule is C=CCN(C(=O)[C@H](C)N1C(=O)c2ccccc2Sc2ccc(C(=O)OCC)cc21)c1ccccc1. The third-order valence-corrected chi connectivity index (χ3v) is 6.82. The van der Waals surface area contributed by atoms with Gasteiger partial charge < -0.3 is 9.64 Å². The zero-order chi connectivity index (χ0) is 24.9. The molecule has 0 saturated carbocycles. The number of ether oxygens (including phenoxy) is 1. The maximum Gasteiger partial charge on any atom is 0.338 e. The summed E-state index contributed by atoms with van der Waals surface area (Å²) in [4.78, 5) is 44.8. The van der Waals surface area contributed by atoms with Gasteiger partial charge in [0.2, 0.25) is 5.91 Å². The van der Waals surface area contributed by atoms with Crippen LogP contribution in [-0.4, -0.2) is 37.0 Å². The van der Waals surface area contributed by atoms with Gasteiger partial charge in [0.1, 0.15) is 6.04 Å². The summed E-state index contributed by atoms with van der Waals surface area (Å²) in [6.45, 7) is 7.77. The Labute approximate surface area is 209 Å². The number of rotatable bonds is 7. The van der Waals surface area contributed by atoms with Crippen LogP contribution >= 0.6 is 11.8 Å². The standard InChI is InChI=1S/C28H26N2O4S/c1-4-17-29(21-11-7-6-8-12-21)26(31)19(3)30-23-18-20(28(33)34-5-2)15-16-25(23)35-24-14-10-9-13-22(24)27(30)32/h4,6-16,18-19H,1,5,17H2,2-3H3/t19-/m0/s1. The van der Waals surface area contributed by atoms with Gasteiger partial charge in [-0.05, 0) is 56.3 Å². The molecule has 0 N–H and O–H groups in total. The van der Waals surface area contributed by atoms with Crippen molar-refractivity contribution in [1.82, 2.24) is 0 Å². The van der Waals surface area contributed by atoms with E-state index in [1.165, 1.54) is 16.7 Å². The molecule has 1 aliphatic rings. The maximum atomic E-state index is 13.9. The minimum atomic E-state index is -0.856. The number of amides is 2. The molecule has 2 amide bonds. The number of carbonyl (C=O) groups excluding carboxylic acids is 3. The molecule has 4 rings (SSSR count). The zero-order valence-corrected chi connectivity index (χ0v) is 20.5. The maximum absolute atomic E-state index is 13.9. The van der Waals surface area contributed by atoms with Crippen LogP contribution in [0.2, 0.25) is 0 Å². The van der Waals surface area contributed by atoms with Crippen molar-refractivity contribution in [1.29, 1.82) is 0 Å². The molecule has 0 aromatic heterocycles. The highest BCUT2D eigenvalue weighted by Gasteiger charge is 2.36. The van der Waals surface area contributed by atoms with Gasteiger partial charge >= 0.3 is 5.97 Å². The van der Waals surface area contributed by atoms with Gasteiger partial charge in [0.25, 0.3) is 5.91 Å². The summed E-state index contributed by atoms with van der Waals surface area (Å²) < 4.78 is 5.17. The molecule has 0 fully saturated rings. The summed E-state index contributed by atoms with van der Waals surface area (Å²) in [7, 11) is 0. The van der Waals surface area contributed by atoms with Gasteiger partial charge in [-0.1, -0.05) is 48.2 Å². The van der Waals surface area contributed by atoms with Crippen LogP contribution in [0.4, 0.5) is 11.4 Å². The first-order chi connectivity index (χ1) is 17.0. The van der Waals surface area contributed by atoms with Crippen molar-refractivity contribution < 1.29 is 19.1 Å². The van der Waals surface area contributed by atoms with Gasteiger partial charge in [0, 0.05) is 22.0 Å². The van der Waals surface area contributed by atoms with E-state index in [0.717, 1.165) is 9.79 Å². The predicted molar refractivity (Wildman–Crippen MR) is 138 cm³/mol. The smallest absolute Gasteiger partial charge is 0.338 e. The molecule has 7 heteroatoms. The number of esters is 1. The minimum absolute atomic E-state index is 0.237. The molecule has 35 heavy (non-hydrogen) atoms. The highest BCUT2D eigenvalue weighted by Crippen LogP contribution is 2.42. The highest BCUT2D eigenvalue weighted by atomic mass is 32.2. The Morgan fingerprint density at radius 3 is 2.49 bits per heavy atom. The second kappa shape index (κ2) is 10.6. The van der Waals surface area contributed by atoms with E-state index in [1.54, 1.807) is 55.2 Å². The third-order valence-electron chi connectivity index (χ3n) is 5.68. The molecule has 0 aliphatic carbocycles. The first kappa shape index (κ1) is 24.3. The van der Waals surface area contributed by atoms with E-state index >= 15 is 0 Å². The van der Waals surface area contributed by atoms with Crippen LogP contribution in [0, 0.1) is 0 Å². The molecule has 1 aliphatic heterocycles. The first-order valence-electron chi connectivity index (χ1n) is 11.3. The number of carbonyl (C=O) groups is 3. The van der Waals surface area contributed by atoms with E-state index in [9.17, 15) is 14.4 Å². The Morgan fingerprint density at radius 2 is 1.77 bits per heavy atom. The topological polar surface area (TPSA) is 66.9 Å². The van der Waals surface area contributed by atoms with E-state index in [-0.39, 0.29) is 25.0 Å². The van der Waals surface area contributed by atoms with Gasteiger partial charge in [-0.2, -0.15) is 0 Å². The van der Waals surface area contributed by atoms with Crippen LogP contribution in [0.3, 0.4) is 0 Å². The number of hydrogen-bond acceptors (Lipinski definition) is 5. The second-order valence-corrected chi connectivity index (χ2v) is 9.01. The summed E-state index contributed by atoms with van der Waals surface area (Å²) in [5.74, 6) is -1.05. The molecule has 6 nitrogen and oxygen atoms in total. The van der Waals surface area contributed by atoms with E-state index in [1.807, 2.05) is 42.5 Å². The van der Waals surface area contributed by atoms with Crippen LogP contribution in [0.15, 0.2) is 95.2 Å². The van der Waals surface area contributed by atoms with Crippen molar-refractivity contribution in [2.75, 3.05) is 23.0 Å². The quantitative estimate of drug-likeness (QED) is 0.322. The van der Waals surface area contributed by atoms with E-state index in [0.29, 0.717) is 22.5 Å². The number of anilines is 2. The largest absolute Gasteiger partial charge is 0.462 e. The Bertz CT molecular complexity index is 1270. The highest BCUT2D eigenvalue weighted by molar-refractivity contribution is 7.99. The van der Waals surface area contributed by atoms with Crippen LogP contribution < -0.4 is 9.80 Å². The fourth-order valence-electron chi connectivity index (χ4n) is 4.00. The summed E-state index contributed by atoms with van der Waals surface area (Å²) in [6.07, 6.45) is 1.65. The van der Waals surface area contributed by atoms with E-state index in [2.05, 4.69) is 6.58 Å². The Balaban J connectivity index is 1.83. The lowest BCUT2D eigenvalue weighted by molar-refractivity contribution is -0.119. The van der Waals surface area contributed by atoms with Gasteiger partial charge in [-0.15, -0.1) is 6.58 Å². The molecule has 0 spiro atoms. The van der Waals surface area contributed by atoms with Crippen LogP contribution in [0.1, 0.15) is 34.6 Å². The lowest BCUT2D eigenvalue weighted by Crippen LogP contribution is -2.50. The summed E-state index contributed by atoms with van der Waals surface area (Å²) in [6, 6.07) is 20.8. The number of fused-ring (bicyclic) bond motifs is 2. The minimum Gasteiger partial charge on any atom is -0.462 e. The molecule has 3 aromatic rings. The number of hydrogen-bond donors (Lipinski definition) is 0. The third kappa shape index (κ3) is 4.86.